The van der Waals surface area contributed by atoms with Gasteiger partial charge in [-0.1, -0.05) is 42.2 Å². The molecule has 6 nitrogen and oxygen atoms in total. The molecule has 2 aliphatic heterocycles. The van der Waals surface area contributed by atoms with E-state index in [4.69, 9.17) is 0 Å². The van der Waals surface area contributed by atoms with Crippen LogP contribution >= 0.6 is 0 Å². The lowest BCUT2D eigenvalue weighted by Crippen LogP contribution is -2.73. The Kier molecular flexibility index (Phi) is 5.13. The quantitative estimate of drug-likeness (QED) is 0.757. The fourth-order valence-electron chi connectivity index (χ4n) is 4.58. The van der Waals surface area contributed by atoms with Gasteiger partial charge in [-0.3, -0.25) is 4.79 Å². The molecule has 2 saturated heterocycles. The number of amides is 3. The summed E-state index contributed by atoms with van der Waals surface area (Å²) in [6.45, 7) is 0.370. The second kappa shape index (κ2) is 8.09. The molecule has 3 aliphatic rings. The Morgan fingerprint density at radius 3 is 2.52 bits per heavy atom. The Hall–Kier alpha value is -3.30. The van der Waals surface area contributed by atoms with Crippen LogP contribution in [0.2, 0.25) is 0 Å². The van der Waals surface area contributed by atoms with Crippen LogP contribution in [0.1, 0.15) is 29.9 Å². The number of hydrogen-bond acceptors (Lipinski definition) is 3. The molecule has 0 unspecified atom stereocenters. The van der Waals surface area contributed by atoms with E-state index in [1.165, 1.54) is 12.8 Å². The summed E-state index contributed by atoms with van der Waals surface area (Å²) >= 11 is 0. The van der Waals surface area contributed by atoms with Crippen molar-refractivity contribution in [1.29, 1.82) is 0 Å². The summed E-state index contributed by atoms with van der Waals surface area (Å²) in [6.07, 6.45) is 2.40. The van der Waals surface area contributed by atoms with E-state index in [1.807, 2.05) is 54.6 Å². The van der Waals surface area contributed by atoms with Crippen LogP contribution in [0.25, 0.3) is 0 Å². The number of para-hydroxylation sites is 1. The van der Waals surface area contributed by atoms with Gasteiger partial charge in [-0.05, 0) is 42.7 Å². The minimum absolute atomic E-state index is 0.00767. The highest BCUT2D eigenvalue weighted by Crippen LogP contribution is 2.43. The molecule has 0 spiro atoms. The van der Waals surface area contributed by atoms with E-state index in [1.54, 1.807) is 9.80 Å². The Labute approximate surface area is 181 Å². The van der Waals surface area contributed by atoms with E-state index in [2.05, 4.69) is 17.2 Å². The molecule has 6 heteroatoms. The average Bonchev–Trinajstić information content (AvgIpc) is 3.60. The van der Waals surface area contributed by atoms with Crippen molar-refractivity contribution in [2.75, 3.05) is 25.0 Å². The van der Waals surface area contributed by atoms with Gasteiger partial charge in [0.05, 0.1) is 18.7 Å². The molecular formula is C25H25N3O3. The maximum absolute atomic E-state index is 12.8. The highest BCUT2D eigenvalue weighted by molar-refractivity contribution is 5.93. The third-order valence-corrected chi connectivity index (χ3v) is 6.36. The van der Waals surface area contributed by atoms with Crippen molar-refractivity contribution in [2.24, 2.45) is 5.92 Å². The van der Waals surface area contributed by atoms with Crippen molar-refractivity contribution < 1.29 is 14.7 Å². The van der Waals surface area contributed by atoms with E-state index in [0.717, 1.165) is 11.1 Å². The lowest BCUT2D eigenvalue weighted by atomic mass is 9.73. The number of carbonyl (C=O) groups is 2. The van der Waals surface area contributed by atoms with Crippen LogP contribution in [0.15, 0.2) is 54.6 Å². The van der Waals surface area contributed by atoms with Gasteiger partial charge in [0.25, 0.3) is 0 Å². The fourth-order valence-corrected chi connectivity index (χ4v) is 4.58. The molecule has 3 amide bonds. The zero-order chi connectivity index (χ0) is 21.4. The maximum atomic E-state index is 12.8. The summed E-state index contributed by atoms with van der Waals surface area (Å²) < 4.78 is 0. The molecule has 5 rings (SSSR count). The minimum Gasteiger partial charge on any atom is -0.394 e. The van der Waals surface area contributed by atoms with E-state index in [9.17, 15) is 14.7 Å². The molecule has 3 fully saturated rings. The second-order valence-electron chi connectivity index (χ2n) is 8.49. The lowest BCUT2D eigenvalue weighted by Gasteiger charge is -2.58. The van der Waals surface area contributed by atoms with Crippen LogP contribution in [0.5, 0.6) is 0 Å². The first kappa shape index (κ1) is 19.7. The van der Waals surface area contributed by atoms with Gasteiger partial charge in [-0.2, -0.15) is 0 Å². The van der Waals surface area contributed by atoms with Crippen molar-refractivity contribution >= 4 is 17.6 Å². The summed E-state index contributed by atoms with van der Waals surface area (Å²) in [7, 11) is 0. The van der Waals surface area contributed by atoms with Gasteiger partial charge in [0.15, 0.2) is 0 Å². The first-order chi connectivity index (χ1) is 15.1. The SMILES string of the molecule is O=C(Nc1ccccc1)N1CC(=O)N2[C@H](CO)[C@@H](c3ccc(C#CC4CC4)cc3)[C@H]2C1. The maximum Gasteiger partial charge on any atom is 0.322 e. The molecule has 2 heterocycles. The molecule has 0 radical (unpaired) electrons. The zero-order valence-electron chi connectivity index (χ0n) is 17.2. The molecule has 31 heavy (non-hydrogen) atoms. The topological polar surface area (TPSA) is 72.9 Å². The summed E-state index contributed by atoms with van der Waals surface area (Å²) in [4.78, 5) is 28.8. The fraction of sp³-hybridized carbons (Fsp3) is 0.360. The molecule has 158 valence electrons. The molecule has 1 aliphatic carbocycles. The number of fused-ring (bicyclic) bond motifs is 1. The molecule has 0 aromatic heterocycles. The standard InChI is InChI=1S/C25H25N3O3/c29-16-22-24(19-12-10-18(11-13-19)9-8-17-6-7-17)21-14-27(15-23(30)28(21)22)25(31)26-20-4-2-1-3-5-20/h1-5,10-13,17,21-22,24,29H,6-7,14-16H2,(H,26,31)/t21-,22-,24+/m1/s1. The van der Waals surface area contributed by atoms with E-state index in [0.29, 0.717) is 18.2 Å². The number of aliphatic hydroxyl groups excluding tert-OH is 1. The van der Waals surface area contributed by atoms with Gasteiger partial charge in [-0.15, -0.1) is 0 Å². The van der Waals surface area contributed by atoms with Crippen molar-refractivity contribution in [2.45, 2.75) is 30.8 Å². The van der Waals surface area contributed by atoms with E-state index < -0.39 is 0 Å². The number of anilines is 1. The largest absolute Gasteiger partial charge is 0.394 e. The van der Waals surface area contributed by atoms with Gasteiger partial charge < -0.3 is 20.2 Å². The first-order valence-corrected chi connectivity index (χ1v) is 10.8. The highest BCUT2D eigenvalue weighted by Gasteiger charge is 2.54. The van der Waals surface area contributed by atoms with Gasteiger partial charge >= 0.3 is 6.03 Å². The molecule has 2 N–H and O–H groups in total. The van der Waals surface area contributed by atoms with Gasteiger partial charge in [0.2, 0.25) is 5.91 Å². The molecule has 0 bridgehead atoms. The van der Waals surface area contributed by atoms with Crippen molar-refractivity contribution in [3.05, 3.63) is 65.7 Å². The van der Waals surface area contributed by atoms with Crippen LogP contribution in [0.3, 0.4) is 0 Å². The molecule has 2 aromatic carbocycles. The number of benzene rings is 2. The van der Waals surface area contributed by atoms with Gasteiger partial charge in [0.1, 0.15) is 6.54 Å². The van der Waals surface area contributed by atoms with Crippen LogP contribution < -0.4 is 5.32 Å². The van der Waals surface area contributed by atoms with Crippen molar-refractivity contribution in [3.63, 3.8) is 0 Å². The minimum atomic E-state index is -0.281. The Balaban J connectivity index is 1.31. The Bertz CT molecular complexity index is 1040. The number of hydrogen-bond donors (Lipinski definition) is 2. The number of piperazine rings is 1. The average molecular weight is 415 g/mol. The van der Waals surface area contributed by atoms with Crippen LogP contribution in [0, 0.1) is 17.8 Å². The van der Waals surface area contributed by atoms with Crippen molar-refractivity contribution in [3.8, 4) is 11.8 Å². The number of urea groups is 1. The number of nitrogens with one attached hydrogen (secondary N) is 1. The predicted molar refractivity (Wildman–Crippen MR) is 117 cm³/mol. The van der Waals surface area contributed by atoms with Crippen molar-refractivity contribution in [1.82, 2.24) is 9.80 Å². The summed E-state index contributed by atoms with van der Waals surface area (Å²) in [5.41, 5.74) is 2.75. The number of rotatable bonds is 3. The first-order valence-electron chi connectivity index (χ1n) is 10.8. The number of aliphatic hydroxyl groups is 1. The van der Waals surface area contributed by atoms with Gasteiger partial charge in [-0.25, -0.2) is 4.79 Å². The molecule has 3 atom stereocenters. The Morgan fingerprint density at radius 1 is 1.10 bits per heavy atom. The number of carbonyl (C=O) groups excluding carboxylic acids is 2. The summed E-state index contributed by atoms with van der Waals surface area (Å²) in [6, 6.07) is 16.6. The normalized spacial score (nSPS) is 24.5. The summed E-state index contributed by atoms with van der Waals surface area (Å²) in [5.74, 6) is 6.91. The van der Waals surface area contributed by atoms with Gasteiger partial charge in [0, 0.05) is 29.6 Å². The summed E-state index contributed by atoms with van der Waals surface area (Å²) in [5, 5.41) is 12.8. The molecular weight excluding hydrogens is 390 g/mol. The third kappa shape index (κ3) is 3.89. The highest BCUT2D eigenvalue weighted by atomic mass is 16.3. The second-order valence-corrected chi connectivity index (χ2v) is 8.49. The monoisotopic (exact) mass is 415 g/mol. The smallest absolute Gasteiger partial charge is 0.322 e. The number of nitrogens with zero attached hydrogens (tertiary/aromatic N) is 2. The van der Waals surface area contributed by atoms with Crippen LogP contribution in [-0.2, 0) is 4.79 Å². The Morgan fingerprint density at radius 2 is 1.84 bits per heavy atom. The van der Waals surface area contributed by atoms with Crippen LogP contribution in [-0.4, -0.2) is 58.6 Å². The predicted octanol–water partition coefficient (Wildman–Crippen LogP) is 2.65. The van der Waals surface area contributed by atoms with E-state index in [-0.39, 0.29) is 43.1 Å². The third-order valence-electron chi connectivity index (χ3n) is 6.36. The van der Waals surface area contributed by atoms with E-state index >= 15 is 0 Å². The van der Waals surface area contributed by atoms with Crippen LogP contribution in [0.4, 0.5) is 10.5 Å². The molecule has 1 saturated carbocycles. The molecule has 2 aromatic rings. The zero-order valence-corrected chi connectivity index (χ0v) is 17.2. The lowest BCUT2D eigenvalue weighted by molar-refractivity contribution is -0.159.